The number of carbonyl (C=O) groups excluding carboxylic acids is 1. The van der Waals surface area contributed by atoms with Crippen molar-refractivity contribution in [1.82, 2.24) is 5.32 Å². The van der Waals surface area contributed by atoms with Crippen LogP contribution < -0.4 is 5.32 Å². The second-order valence-corrected chi connectivity index (χ2v) is 5.30. The minimum atomic E-state index is 0.0181. The number of carbonyl (C=O) groups is 1. The molecule has 0 aliphatic carbocycles. The van der Waals surface area contributed by atoms with Gasteiger partial charge in [-0.05, 0) is 38.3 Å². The Morgan fingerprint density at radius 3 is 2.40 bits per heavy atom. The summed E-state index contributed by atoms with van der Waals surface area (Å²) in [6.45, 7) is 8.50. The van der Waals surface area contributed by atoms with E-state index in [0.29, 0.717) is 11.7 Å². The fourth-order valence-corrected chi connectivity index (χ4v) is 2.64. The molecule has 2 nitrogen and oxygen atoms in total. The lowest BCUT2D eigenvalue weighted by Gasteiger charge is -2.36. The molecule has 1 rings (SSSR count). The van der Waals surface area contributed by atoms with Crippen molar-refractivity contribution in [2.45, 2.75) is 52.9 Å². The Hall–Kier alpha value is -0.370. The summed E-state index contributed by atoms with van der Waals surface area (Å²) in [7, 11) is 0. The van der Waals surface area contributed by atoms with Gasteiger partial charge in [0.05, 0.1) is 0 Å². The van der Waals surface area contributed by atoms with E-state index in [9.17, 15) is 4.79 Å². The molecule has 1 fully saturated rings. The molecule has 0 saturated carbocycles. The van der Waals surface area contributed by atoms with Crippen molar-refractivity contribution in [2.24, 2.45) is 11.3 Å². The molecule has 88 valence electrons. The number of ketones is 1. The van der Waals surface area contributed by atoms with Gasteiger partial charge in [-0.1, -0.05) is 27.2 Å². The van der Waals surface area contributed by atoms with Crippen LogP contribution in [0.4, 0.5) is 0 Å². The van der Waals surface area contributed by atoms with Crippen molar-refractivity contribution in [2.75, 3.05) is 13.1 Å². The molecule has 0 bridgehead atoms. The average Bonchev–Trinajstić information content (AvgIpc) is 2.18. The molecule has 2 heteroatoms. The molecule has 1 aliphatic rings. The van der Waals surface area contributed by atoms with E-state index in [0.717, 1.165) is 45.2 Å². The summed E-state index contributed by atoms with van der Waals surface area (Å²) >= 11 is 0. The summed E-state index contributed by atoms with van der Waals surface area (Å²) in [5.74, 6) is 1.02. The van der Waals surface area contributed by atoms with Crippen molar-refractivity contribution >= 4 is 5.78 Å². The van der Waals surface area contributed by atoms with E-state index in [4.69, 9.17) is 0 Å². The third kappa shape index (κ3) is 3.30. The summed E-state index contributed by atoms with van der Waals surface area (Å²) in [5.41, 5.74) is 0.0181. The van der Waals surface area contributed by atoms with Crippen LogP contribution >= 0.6 is 0 Å². The molecule has 0 unspecified atom stereocenters. The molecule has 0 radical (unpaired) electrons. The first-order valence-electron chi connectivity index (χ1n) is 6.35. The van der Waals surface area contributed by atoms with Gasteiger partial charge in [-0.15, -0.1) is 0 Å². The van der Waals surface area contributed by atoms with Gasteiger partial charge >= 0.3 is 0 Å². The first-order valence-corrected chi connectivity index (χ1v) is 6.35. The number of piperidine rings is 1. The maximum Gasteiger partial charge on any atom is 0.139 e. The largest absolute Gasteiger partial charge is 0.317 e. The molecule has 1 N–H and O–H groups in total. The molecule has 0 aromatic carbocycles. The van der Waals surface area contributed by atoms with Gasteiger partial charge in [-0.3, -0.25) is 4.79 Å². The SMILES string of the molecule is CCCC1(C(=O)CC(C)C)CCNCC1. The predicted octanol–water partition coefficient (Wildman–Crippen LogP) is 2.77. The molecule has 0 atom stereocenters. The predicted molar refractivity (Wildman–Crippen MR) is 63.9 cm³/mol. The van der Waals surface area contributed by atoms with E-state index < -0.39 is 0 Å². The third-order valence-electron chi connectivity index (χ3n) is 3.47. The van der Waals surface area contributed by atoms with Crippen LogP contribution in [-0.2, 0) is 4.79 Å². The fraction of sp³-hybridized carbons (Fsp3) is 0.923. The van der Waals surface area contributed by atoms with Gasteiger partial charge in [-0.2, -0.15) is 0 Å². The summed E-state index contributed by atoms with van der Waals surface area (Å²) in [4.78, 5) is 12.3. The zero-order valence-corrected chi connectivity index (χ0v) is 10.4. The number of nitrogens with one attached hydrogen (secondary N) is 1. The van der Waals surface area contributed by atoms with Crippen molar-refractivity contribution in [3.63, 3.8) is 0 Å². The highest BCUT2D eigenvalue weighted by Gasteiger charge is 2.37. The summed E-state index contributed by atoms with van der Waals surface area (Å²) in [5, 5.41) is 3.35. The number of Topliss-reactive ketones (excluding diaryl/α,β-unsaturated/α-hetero) is 1. The topological polar surface area (TPSA) is 29.1 Å². The Balaban J connectivity index is 2.66. The van der Waals surface area contributed by atoms with Gasteiger partial charge in [0.2, 0.25) is 0 Å². The number of hydrogen-bond acceptors (Lipinski definition) is 2. The molecule has 0 amide bonds. The highest BCUT2D eigenvalue weighted by Crippen LogP contribution is 2.36. The lowest BCUT2D eigenvalue weighted by Crippen LogP contribution is -2.42. The first-order chi connectivity index (χ1) is 7.10. The number of rotatable bonds is 5. The normalized spacial score (nSPS) is 20.5. The smallest absolute Gasteiger partial charge is 0.139 e. The maximum absolute atomic E-state index is 12.3. The highest BCUT2D eigenvalue weighted by atomic mass is 16.1. The summed E-state index contributed by atoms with van der Waals surface area (Å²) in [6, 6.07) is 0. The highest BCUT2D eigenvalue weighted by molar-refractivity contribution is 5.85. The van der Waals surface area contributed by atoms with Crippen LogP contribution in [0, 0.1) is 11.3 Å². The lowest BCUT2D eigenvalue weighted by atomic mass is 9.70. The van der Waals surface area contributed by atoms with E-state index in [1.807, 2.05) is 0 Å². The molecule has 0 spiro atoms. The van der Waals surface area contributed by atoms with E-state index in [1.54, 1.807) is 0 Å². The Bertz CT molecular complexity index is 199. The zero-order valence-electron chi connectivity index (χ0n) is 10.4. The quantitative estimate of drug-likeness (QED) is 0.757. The van der Waals surface area contributed by atoms with E-state index in [1.165, 1.54) is 0 Å². The van der Waals surface area contributed by atoms with Crippen LogP contribution in [0.3, 0.4) is 0 Å². The molecular weight excluding hydrogens is 186 g/mol. The van der Waals surface area contributed by atoms with Crippen LogP contribution in [0.2, 0.25) is 0 Å². The molecule has 1 saturated heterocycles. The molecule has 1 heterocycles. The second-order valence-electron chi connectivity index (χ2n) is 5.30. The van der Waals surface area contributed by atoms with Crippen molar-refractivity contribution < 1.29 is 4.79 Å². The summed E-state index contributed by atoms with van der Waals surface area (Å²) < 4.78 is 0. The van der Waals surface area contributed by atoms with Crippen molar-refractivity contribution in [3.05, 3.63) is 0 Å². The zero-order chi connectivity index (χ0) is 11.3. The fourth-order valence-electron chi connectivity index (χ4n) is 2.64. The van der Waals surface area contributed by atoms with Gasteiger partial charge in [0.15, 0.2) is 0 Å². The summed E-state index contributed by atoms with van der Waals surface area (Å²) in [6.07, 6.45) is 5.07. The van der Waals surface area contributed by atoms with Gasteiger partial charge in [0.25, 0.3) is 0 Å². The van der Waals surface area contributed by atoms with Crippen LogP contribution in [0.25, 0.3) is 0 Å². The van der Waals surface area contributed by atoms with Gasteiger partial charge in [0, 0.05) is 11.8 Å². The van der Waals surface area contributed by atoms with Crippen LogP contribution in [0.1, 0.15) is 52.9 Å². The average molecular weight is 211 g/mol. The molecular formula is C13H25NO. The number of hydrogen-bond donors (Lipinski definition) is 1. The van der Waals surface area contributed by atoms with E-state index >= 15 is 0 Å². The van der Waals surface area contributed by atoms with Crippen LogP contribution in [0.15, 0.2) is 0 Å². The lowest BCUT2D eigenvalue weighted by molar-refractivity contribution is -0.131. The molecule has 0 aromatic heterocycles. The third-order valence-corrected chi connectivity index (χ3v) is 3.47. The van der Waals surface area contributed by atoms with Crippen molar-refractivity contribution in [3.8, 4) is 0 Å². The second kappa shape index (κ2) is 5.64. The maximum atomic E-state index is 12.3. The van der Waals surface area contributed by atoms with Crippen LogP contribution in [0.5, 0.6) is 0 Å². The van der Waals surface area contributed by atoms with E-state index in [-0.39, 0.29) is 5.41 Å². The van der Waals surface area contributed by atoms with E-state index in [2.05, 4.69) is 26.1 Å². The Labute approximate surface area is 93.8 Å². The standard InChI is InChI=1S/C13H25NO/c1-4-5-13(6-8-14-9-7-13)12(15)10-11(2)3/h11,14H,4-10H2,1-3H3. The Morgan fingerprint density at radius 2 is 1.93 bits per heavy atom. The monoisotopic (exact) mass is 211 g/mol. The molecule has 1 aliphatic heterocycles. The van der Waals surface area contributed by atoms with Gasteiger partial charge in [0.1, 0.15) is 5.78 Å². The van der Waals surface area contributed by atoms with Crippen LogP contribution in [-0.4, -0.2) is 18.9 Å². The Kier molecular flexibility index (Phi) is 4.78. The Morgan fingerprint density at radius 1 is 1.33 bits per heavy atom. The van der Waals surface area contributed by atoms with Gasteiger partial charge in [-0.25, -0.2) is 0 Å². The minimum Gasteiger partial charge on any atom is -0.317 e. The minimum absolute atomic E-state index is 0.0181. The van der Waals surface area contributed by atoms with Gasteiger partial charge < -0.3 is 5.32 Å². The first kappa shape index (κ1) is 12.7. The molecule has 0 aromatic rings. The van der Waals surface area contributed by atoms with Crippen molar-refractivity contribution in [1.29, 1.82) is 0 Å². The molecule has 15 heavy (non-hydrogen) atoms.